The summed E-state index contributed by atoms with van der Waals surface area (Å²) in [5, 5.41) is 0. The normalized spacial score (nSPS) is 6.00. The van der Waals surface area contributed by atoms with Crippen LogP contribution < -0.4 is 0 Å². The SMILES string of the molecule is C.[CH2-]C([CH2-])[CH2-].[V]. The van der Waals surface area contributed by atoms with Gasteiger partial charge < -0.3 is 26.7 Å². The monoisotopic (exact) mass is 122 g/mol. The molecule has 0 saturated heterocycles. The topological polar surface area (TPSA) is 0 Å². The van der Waals surface area contributed by atoms with Crippen molar-refractivity contribution in [1.82, 2.24) is 0 Å². The van der Waals surface area contributed by atoms with Gasteiger partial charge in [-0.3, -0.25) is 0 Å². The van der Waals surface area contributed by atoms with Gasteiger partial charge in [-0.1, -0.05) is 7.43 Å². The molecule has 0 rings (SSSR count). The van der Waals surface area contributed by atoms with Gasteiger partial charge in [0.05, 0.1) is 0 Å². The third-order valence-corrected chi connectivity index (χ3v) is 0. The molecule has 39 valence electrons. The first-order chi connectivity index (χ1) is 1.73. The Kier molecular flexibility index (Phi) is 24.3. The molecule has 0 amide bonds. The Labute approximate surface area is 53.2 Å². The zero-order valence-electron chi connectivity index (χ0n) is 3.15. The summed E-state index contributed by atoms with van der Waals surface area (Å²) < 4.78 is 0. The van der Waals surface area contributed by atoms with Gasteiger partial charge in [-0.05, 0) is 0 Å². The van der Waals surface area contributed by atoms with Gasteiger partial charge in [0, 0.05) is 18.6 Å². The van der Waals surface area contributed by atoms with E-state index in [1.807, 2.05) is 0 Å². The Balaban J connectivity index is -0.0000000450. The van der Waals surface area contributed by atoms with Crippen LogP contribution in [0.3, 0.4) is 0 Å². The summed E-state index contributed by atoms with van der Waals surface area (Å²) in [6.07, 6.45) is 0. The van der Waals surface area contributed by atoms with Crippen LogP contribution in [0, 0.1) is 26.7 Å². The molecule has 0 aromatic rings. The first-order valence-corrected chi connectivity index (χ1v) is 1.22. The standard InChI is InChI=1S/C4H7.CH4.V/c1-4(2)3;;/h4H,1-3H2;1H4;/q-3;;. The molecule has 0 spiro atoms. The van der Waals surface area contributed by atoms with E-state index in [-0.39, 0.29) is 31.9 Å². The van der Waals surface area contributed by atoms with E-state index in [1.165, 1.54) is 0 Å². The molecule has 0 aliphatic rings. The zero-order valence-corrected chi connectivity index (χ0v) is 4.54. The van der Waals surface area contributed by atoms with Crippen LogP contribution in [-0.4, -0.2) is 0 Å². The fourth-order valence-corrected chi connectivity index (χ4v) is 0. The maximum absolute atomic E-state index is 3.42. The van der Waals surface area contributed by atoms with Crippen LogP contribution in [-0.2, 0) is 18.6 Å². The predicted octanol–water partition coefficient (Wildman–Crippen LogP) is 1.74. The molecule has 0 fully saturated rings. The fraction of sp³-hybridized carbons (Fsp3) is 0.400. The summed E-state index contributed by atoms with van der Waals surface area (Å²) >= 11 is 0. The summed E-state index contributed by atoms with van der Waals surface area (Å²) in [7, 11) is 0. The van der Waals surface area contributed by atoms with Crippen LogP contribution in [0.15, 0.2) is 0 Å². The molecular formula is C5H11V-3. The van der Waals surface area contributed by atoms with E-state index in [9.17, 15) is 0 Å². The van der Waals surface area contributed by atoms with Crippen molar-refractivity contribution in [2.75, 3.05) is 0 Å². The Bertz CT molecular complexity index is 8.66. The number of rotatable bonds is 0. The van der Waals surface area contributed by atoms with Gasteiger partial charge >= 0.3 is 0 Å². The van der Waals surface area contributed by atoms with Gasteiger partial charge in [-0.15, -0.1) is 0 Å². The summed E-state index contributed by atoms with van der Waals surface area (Å²) in [6.45, 7) is 10.2. The predicted molar refractivity (Wildman–Crippen MR) is 26.3 cm³/mol. The van der Waals surface area contributed by atoms with Crippen LogP contribution in [0.5, 0.6) is 0 Å². The maximum Gasteiger partial charge on any atom is 0 e. The minimum atomic E-state index is 0. The van der Waals surface area contributed by atoms with Crippen LogP contribution in [0.1, 0.15) is 7.43 Å². The van der Waals surface area contributed by atoms with E-state index < -0.39 is 0 Å². The Morgan fingerprint density at radius 1 is 1.00 bits per heavy atom. The third kappa shape index (κ3) is 172. The molecule has 0 heterocycles. The van der Waals surface area contributed by atoms with Crippen LogP contribution in [0.25, 0.3) is 0 Å². The molecule has 0 atom stereocenters. The van der Waals surface area contributed by atoms with E-state index in [4.69, 9.17) is 0 Å². The molecule has 1 radical (unpaired) electrons. The van der Waals surface area contributed by atoms with Gasteiger partial charge in [-0.25, -0.2) is 0 Å². The zero-order chi connectivity index (χ0) is 3.58. The van der Waals surface area contributed by atoms with Crippen LogP contribution in [0.2, 0.25) is 0 Å². The second kappa shape index (κ2) is 9.14. The van der Waals surface area contributed by atoms with Crippen molar-refractivity contribution in [2.24, 2.45) is 5.92 Å². The van der Waals surface area contributed by atoms with Crippen molar-refractivity contribution < 1.29 is 18.6 Å². The molecule has 0 saturated carbocycles. The van der Waals surface area contributed by atoms with E-state index in [0.717, 1.165) is 0 Å². The largest absolute Gasteiger partial charge is 0.447 e. The molecule has 0 aromatic heterocycles. The van der Waals surface area contributed by atoms with Gasteiger partial charge in [0.15, 0.2) is 0 Å². The average Bonchev–Trinajstić information content (AvgIpc) is 0.811. The van der Waals surface area contributed by atoms with Crippen molar-refractivity contribution in [2.45, 2.75) is 7.43 Å². The van der Waals surface area contributed by atoms with Crippen LogP contribution in [0.4, 0.5) is 0 Å². The quantitative estimate of drug-likeness (QED) is 0.429. The van der Waals surface area contributed by atoms with Gasteiger partial charge in [0.2, 0.25) is 0 Å². The molecule has 0 aliphatic carbocycles. The molecule has 0 N–H and O–H groups in total. The van der Waals surface area contributed by atoms with E-state index in [1.54, 1.807) is 0 Å². The van der Waals surface area contributed by atoms with Crippen molar-refractivity contribution in [1.29, 1.82) is 0 Å². The van der Waals surface area contributed by atoms with Gasteiger partial charge in [0.1, 0.15) is 0 Å². The molecule has 0 nitrogen and oxygen atoms in total. The fourth-order valence-electron chi connectivity index (χ4n) is 0. The van der Waals surface area contributed by atoms with Crippen molar-refractivity contribution in [3.05, 3.63) is 20.8 Å². The molecule has 1 heteroatoms. The second-order valence-electron chi connectivity index (χ2n) is 0.866. The van der Waals surface area contributed by atoms with Crippen molar-refractivity contribution >= 4 is 0 Å². The van der Waals surface area contributed by atoms with E-state index >= 15 is 0 Å². The summed E-state index contributed by atoms with van der Waals surface area (Å²) in [5.41, 5.74) is 0. The number of hydrogen-bond acceptors (Lipinski definition) is 0. The van der Waals surface area contributed by atoms with Crippen molar-refractivity contribution in [3.8, 4) is 0 Å². The molecule has 0 aliphatic heterocycles. The first-order valence-electron chi connectivity index (χ1n) is 1.22. The van der Waals surface area contributed by atoms with Gasteiger partial charge in [0.25, 0.3) is 0 Å². The minimum Gasteiger partial charge on any atom is -0.447 e. The Hall–Kier alpha value is 0.584. The Morgan fingerprint density at radius 3 is 1.00 bits per heavy atom. The maximum atomic E-state index is 3.42. The van der Waals surface area contributed by atoms with Gasteiger partial charge in [-0.2, -0.15) is 0 Å². The van der Waals surface area contributed by atoms with Crippen molar-refractivity contribution in [3.63, 3.8) is 0 Å². The second-order valence-corrected chi connectivity index (χ2v) is 0.866. The minimum absolute atomic E-state index is 0. The first kappa shape index (κ1) is 16.0. The van der Waals surface area contributed by atoms with E-state index in [0.29, 0.717) is 0 Å². The Morgan fingerprint density at radius 2 is 1.00 bits per heavy atom. The molecule has 0 bridgehead atoms. The third-order valence-electron chi connectivity index (χ3n) is 0. The van der Waals surface area contributed by atoms with E-state index in [2.05, 4.69) is 20.8 Å². The molecule has 0 unspecified atom stereocenters. The summed E-state index contributed by atoms with van der Waals surface area (Å²) in [6, 6.07) is 0. The van der Waals surface area contributed by atoms with Crippen LogP contribution >= 0.6 is 0 Å². The molecule has 0 aromatic carbocycles. The number of hydrogen-bond donors (Lipinski definition) is 0. The smallest absolute Gasteiger partial charge is 0 e. The summed E-state index contributed by atoms with van der Waals surface area (Å²) in [5.74, 6) is 0.0833. The summed E-state index contributed by atoms with van der Waals surface area (Å²) in [4.78, 5) is 0. The molecular weight excluding hydrogens is 111 g/mol. The average molecular weight is 122 g/mol. The molecule has 6 heavy (non-hydrogen) atoms.